The summed E-state index contributed by atoms with van der Waals surface area (Å²) in [5.74, 6) is 1.40. The van der Waals surface area contributed by atoms with Crippen LogP contribution in [0.4, 0.5) is 0 Å². The number of carbonyl (C=O) groups is 1. The SMILES string of the molecule is CC(C)(C)NCC(=O)c1ccc2c(c1)OCO2. The lowest BCUT2D eigenvalue weighted by Gasteiger charge is -2.19. The minimum Gasteiger partial charge on any atom is -0.454 e. The van der Waals surface area contributed by atoms with E-state index in [-0.39, 0.29) is 18.1 Å². The number of Topliss-reactive ketones (excluding diaryl/α,β-unsaturated/α-hetero) is 1. The number of ketones is 1. The average Bonchev–Trinajstić information content (AvgIpc) is 2.71. The van der Waals surface area contributed by atoms with Crippen LogP contribution in [0, 0.1) is 0 Å². The number of fused-ring (bicyclic) bond motifs is 1. The van der Waals surface area contributed by atoms with Crippen molar-refractivity contribution < 1.29 is 14.3 Å². The number of rotatable bonds is 3. The summed E-state index contributed by atoms with van der Waals surface area (Å²) in [6, 6.07) is 5.27. The lowest BCUT2D eigenvalue weighted by molar-refractivity contribution is 0.0981. The summed E-state index contributed by atoms with van der Waals surface area (Å²) in [5.41, 5.74) is 0.581. The molecule has 0 radical (unpaired) electrons. The maximum Gasteiger partial charge on any atom is 0.231 e. The Morgan fingerprint density at radius 1 is 1.29 bits per heavy atom. The highest BCUT2D eigenvalue weighted by atomic mass is 16.7. The lowest BCUT2D eigenvalue weighted by Crippen LogP contribution is -2.39. The molecule has 0 spiro atoms. The number of benzene rings is 1. The molecule has 1 heterocycles. The minimum absolute atomic E-state index is 0.0539. The topological polar surface area (TPSA) is 47.6 Å². The van der Waals surface area contributed by atoms with Gasteiger partial charge in [-0.15, -0.1) is 0 Å². The standard InChI is InChI=1S/C13H17NO3/c1-13(2,3)14-7-10(15)9-4-5-11-12(6-9)17-8-16-11/h4-6,14H,7-8H2,1-3H3. The molecular weight excluding hydrogens is 218 g/mol. The van der Waals surface area contributed by atoms with Gasteiger partial charge in [-0.25, -0.2) is 0 Å². The van der Waals surface area contributed by atoms with Crippen molar-refractivity contribution in [1.29, 1.82) is 0 Å². The Morgan fingerprint density at radius 2 is 2.00 bits per heavy atom. The first-order valence-corrected chi connectivity index (χ1v) is 5.63. The van der Waals surface area contributed by atoms with E-state index < -0.39 is 0 Å². The van der Waals surface area contributed by atoms with Crippen LogP contribution in [0.3, 0.4) is 0 Å². The third-order valence-electron chi connectivity index (χ3n) is 2.47. The van der Waals surface area contributed by atoms with Gasteiger partial charge in [0.25, 0.3) is 0 Å². The number of hydrogen-bond donors (Lipinski definition) is 1. The monoisotopic (exact) mass is 235 g/mol. The third kappa shape index (κ3) is 2.97. The average molecular weight is 235 g/mol. The smallest absolute Gasteiger partial charge is 0.231 e. The Labute approximate surface area is 101 Å². The molecule has 0 saturated carbocycles. The fraction of sp³-hybridized carbons (Fsp3) is 0.462. The normalized spacial score (nSPS) is 13.8. The van der Waals surface area contributed by atoms with Crippen LogP contribution < -0.4 is 14.8 Å². The van der Waals surface area contributed by atoms with Crippen molar-refractivity contribution in [2.24, 2.45) is 0 Å². The Morgan fingerprint density at radius 3 is 2.71 bits per heavy atom. The van der Waals surface area contributed by atoms with Crippen molar-refractivity contribution in [3.63, 3.8) is 0 Å². The van der Waals surface area contributed by atoms with Gasteiger partial charge in [-0.05, 0) is 39.0 Å². The largest absolute Gasteiger partial charge is 0.454 e. The first-order chi connectivity index (χ1) is 7.96. The van der Waals surface area contributed by atoms with Crippen LogP contribution in [-0.4, -0.2) is 24.7 Å². The van der Waals surface area contributed by atoms with Crippen molar-refractivity contribution in [1.82, 2.24) is 5.32 Å². The minimum atomic E-state index is -0.0635. The molecule has 0 bridgehead atoms. The van der Waals surface area contributed by atoms with Crippen molar-refractivity contribution >= 4 is 5.78 Å². The Balaban J connectivity index is 2.05. The molecule has 1 aliphatic heterocycles. The van der Waals surface area contributed by atoms with Crippen molar-refractivity contribution in [3.8, 4) is 11.5 Å². The zero-order valence-electron chi connectivity index (χ0n) is 10.4. The van der Waals surface area contributed by atoms with Crippen LogP contribution in [0.25, 0.3) is 0 Å². The molecule has 1 N–H and O–H groups in total. The van der Waals surface area contributed by atoms with E-state index in [1.807, 2.05) is 20.8 Å². The Bertz CT molecular complexity index is 435. The number of carbonyl (C=O) groups excluding carboxylic acids is 1. The molecule has 0 saturated heterocycles. The highest BCUT2D eigenvalue weighted by Gasteiger charge is 2.17. The van der Waals surface area contributed by atoms with Gasteiger partial charge >= 0.3 is 0 Å². The van der Waals surface area contributed by atoms with Crippen LogP contribution in [0.2, 0.25) is 0 Å². The van der Waals surface area contributed by atoms with Gasteiger partial charge in [-0.3, -0.25) is 4.79 Å². The molecular formula is C13H17NO3. The summed E-state index contributed by atoms with van der Waals surface area (Å²) >= 11 is 0. The maximum atomic E-state index is 11.9. The predicted molar refractivity (Wildman–Crippen MR) is 64.7 cm³/mol. The second-order valence-electron chi connectivity index (χ2n) is 5.09. The van der Waals surface area contributed by atoms with E-state index in [9.17, 15) is 4.79 Å². The zero-order chi connectivity index (χ0) is 12.5. The van der Waals surface area contributed by atoms with Crippen LogP contribution in [0.5, 0.6) is 11.5 Å². The van der Waals surface area contributed by atoms with Gasteiger partial charge in [0.15, 0.2) is 17.3 Å². The van der Waals surface area contributed by atoms with Crippen LogP contribution in [0.15, 0.2) is 18.2 Å². The van der Waals surface area contributed by atoms with Gasteiger partial charge in [-0.2, -0.15) is 0 Å². The van der Waals surface area contributed by atoms with Gasteiger partial charge < -0.3 is 14.8 Å². The molecule has 1 aliphatic rings. The van der Waals surface area contributed by atoms with Crippen molar-refractivity contribution in [3.05, 3.63) is 23.8 Å². The molecule has 4 heteroatoms. The fourth-order valence-electron chi connectivity index (χ4n) is 1.52. The van der Waals surface area contributed by atoms with Crippen LogP contribution >= 0.6 is 0 Å². The molecule has 17 heavy (non-hydrogen) atoms. The molecule has 0 unspecified atom stereocenters. The third-order valence-corrected chi connectivity index (χ3v) is 2.47. The van der Waals surface area contributed by atoms with Gasteiger partial charge in [0, 0.05) is 11.1 Å². The molecule has 0 fully saturated rings. The molecule has 2 rings (SSSR count). The zero-order valence-corrected chi connectivity index (χ0v) is 10.4. The van der Waals surface area contributed by atoms with E-state index in [0.29, 0.717) is 23.6 Å². The molecule has 4 nitrogen and oxygen atoms in total. The van der Waals surface area contributed by atoms with Crippen molar-refractivity contribution in [2.45, 2.75) is 26.3 Å². The van der Waals surface area contributed by atoms with Gasteiger partial charge in [0.1, 0.15) is 0 Å². The first kappa shape index (κ1) is 11.9. The number of hydrogen-bond acceptors (Lipinski definition) is 4. The van der Waals surface area contributed by atoms with E-state index in [0.717, 1.165) is 0 Å². The second-order valence-corrected chi connectivity index (χ2v) is 5.09. The maximum absolute atomic E-state index is 11.9. The second kappa shape index (κ2) is 4.37. The van der Waals surface area contributed by atoms with E-state index in [2.05, 4.69) is 5.32 Å². The predicted octanol–water partition coefficient (Wildman–Crippen LogP) is 1.99. The summed E-state index contributed by atoms with van der Waals surface area (Å²) in [7, 11) is 0. The number of nitrogens with one attached hydrogen (secondary N) is 1. The summed E-state index contributed by atoms with van der Waals surface area (Å²) in [6.07, 6.45) is 0. The highest BCUT2D eigenvalue weighted by molar-refractivity contribution is 5.98. The van der Waals surface area contributed by atoms with E-state index in [1.165, 1.54) is 0 Å². The Kier molecular flexibility index (Phi) is 3.07. The molecule has 0 aliphatic carbocycles. The summed E-state index contributed by atoms with van der Waals surface area (Å²) < 4.78 is 10.4. The molecule has 0 aromatic heterocycles. The fourth-order valence-corrected chi connectivity index (χ4v) is 1.52. The van der Waals surface area contributed by atoms with Gasteiger partial charge in [0.2, 0.25) is 6.79 Å². The molecule has 1 aromatic carbocycles. The number of ether oxygens (including phenoxy) is 2. The van der Waals surface area contributed by atoms with Crippen molar-refractivity contribution in [2.75, 3.05) is 13.3 Å². The Hall–Kier alpha value is -1.55. The van der Waals surface area contributed by atoms with Gasteiger partial charge in [-0.1, -0.05) is 0 Å². The molecule has 0 atom stereocenters. The van der Waals surface area contributed by atoms with Crippen LogP contribution in [0.1, 0.15) is 31.1 Å². The lowest BCUT2D eigenvalue weighted by atomic mass is 10.1. The molecule has 1 aromatic rings. The quantitative estimate of drug-likeness (QED) is 0.814. The summed E-state index contributed by atoms with van der Waals surface area (Å²) in [6.45, 7) is 6.64. The van der Waals surface area contributed by atoms with Gasteiger partial charge in [0.05, 0.1) is 6.54 Å². The van der Waals surface area contributed by atoms with E-state index in [4.69, 9.17) is 9.47 Å². The summed E-state index contributed by atoms with van der Waals surface area (Å²) in [4.78, 5) is 11.9. The summed E-state index contributed by atoms with van der Waals surface area (Å²) in [5, 5.41) is 3.17. The molecule has 0 amide bonds. The van der Waals surface area contributed by atoms with E-state index in [1.54, 1.807) is 18.2 Å². The van der Waals surface area contributed by atoms with Crippen LogP contribution in [-0.2, 0) is 0 Å². The van der Waals surface area contributed by atoms with E-state index >= 15 is 0 Å². The molecule has 92 valence electrons. The highest BCUT2D eigenvalue weighted by Crippen LogP contribution is 2.32. The first-order valence-electron chi connectivity index (χ1n) is 5.63.